The van der Waals surface area contributed by atoms with Crippen molar-refractivity contribution in [3.05, 3.63) is 23.2 Å². The highest BCUT2D eigenvalue weighted by molar-refractivity contribution is 5.88. The topological polar surface area (TPSA) is 99.8 Å². The van der Waals surface area contributed by atoms with Crippen molar-refractivity contribution in [3.8, 4) is 0 Å². The monoisotopic (exact) mass is 311 g/mol. The highest BCUT2D eigenvalue weighted by atomic mass is 16.4. The number of carbonyl (C=O) groups excluding carboxylic acids is 1. The van der Waals surface area contributed by atoms with Gasteiger partial charge in [-0.3, -0.25) is 4.79 Å². The van der Waals surface area contributed by atoms with E-state index in [1.807, 2.05) is 13.8 Å². The Labute approximate surface area is 130 Å². The molecule has 1 heterocycles. The quantitative estimate of drug-likeness (QED) is 0.651. The lowest BCUT2D eigenvalue weighted by Gasteiger charge is -2.26. The number of hydrogen-bond donors (Lipinski definition) is 3. The third kappa shape index (κ3) is 5.18. The standard InChI is InChI=1S/C16H25NO5/c1-4-6-16(21,7-5-2)9-14(18)17-10-12-8-13(15(19)20)11(3)22-12/h8,21H,4-7,9-10H2,1-3H3,(H,17,18)(H,19,20). The number of carboxylic acid groups (broad SMARTS) is 1. The first-order chi connectivity index (χ1) is 10.3. The van der Waals surface area contributed by atoms with Crippen LogP contribution in [0, 0.1) is 6.92 Å². The first-order valence-corrected chi connectivity index (χ1v) is 7.63. The van der Waals surface area contributed by atoms with E-state index >= 15 is 0 Å². The molecule has 0 fully saturated rings. The Bertz CT molecular complexity index is 515. The number of carbonyl (C=O) groups is 2. The summed E-state index contributed by atoms with van der Waals surface area (Å²) in [5.41, 5.74) is -0.878. The minimum atomic E-state index is -1.06. The van der Waals surface area contributed by atoms with E-state index in [-0.39, 0.29) is 24.4 Å². The Morgan fingerprint density at radius 3 is 2.32 bits per heavy atom. The summed E-state index contributed by atoms with van der Waals surface area (Å²) in [6, 6.07) is 1.40. The first kappa shape index (κ1) is 18.2. The maximum absolute atomic E-state index is 12.0. The number of carboxylic acids is 1. The number of aliphatic hydroxyl groups is 1. The SMILES string of the molecule is CCCC(O)(CCC)CC(=O)NCc1cc(C(=O)O)c(C)o1. The molecule has 124 valence electrons. The van der Waals surface area contributed by atoms with Gasteiger partial charge in [-0.1, -0.05) is 26.7 Å². The fourth-order valence-corrected chi connectivity index (χ4v) is 2.62. The first-order valence-electron chi connectivity index (χ1n) is 7.63. The molecule has 3 N–H and O–H groups in total. The molecular formula is C16H25NO5. The van der Waals surface area contributed by atoms with Gasteiger partial charge < -0.3 is 19.9 Å². The van der Waals surface area contributed by atoms with E-state index in [4.69, 9.17) is 9.52 Å². The highest BCUT2D eigenvalue weighted by Crippen LogP contribution is 2.23. The van der Waals surface area contributed by atoms with Crippen molar-refractivity contribution in [1.29, 1.82) is 0 Å². The van der Waals surface area contributed by atoms with Crippen LogP contribution in [-0.2, 0) is 11.3 Å². The molecule has 0 aromatic carbocycles. The molecule has 0 radical (unpaired) electrons. The van der Waals surface area contributed by atoms with E-state index in [0.717, 1.165) is 12.8 Å². The van der Waals surface area contributed by atoms with Gasteiger partial charge in [-0.2, -0.15) is 0 Å². The molecule has 0 atom stereocenters. The number of aryl methyl sites for hydroxylation is 1. The van der Waals surface area contributed by atoms with Crippen LogP contribution in [0.2, 0.25) is 0 Å². The van der Waals surface area contributed by atoms with Crippen molar-refractivity contribution in [2.45, 2.75) is 65.0 Å². The Morgan fingerprint density at radius 1 is 1.27 bits per heavy atom. The van der Waals surface area contributed by atoms with Crippen LogP contribution < -0.4 is 5.32 Å². The average Bonchev–Trinajstić information content (AvgIpc) is 2.78. The number of nitrogens with one attached hydrogen (secondary N) is 1. The third-order valence-corrected chi connectivity index (χ3v) is 3.58. The van der Waals surface area contributed by atoms with E-state index in [1.165, 1.54) is 6.07 Å². The van der Waals surface area contributed by atoms with Crippen LogP contribution in [-0.4, -0.2) is 27.7 Å². The second kappa shape index (κ2) is 7.98. The zero-order valence-electron chi connectivity index (χ0n) is 13.4. The predicted octanol–water partition coefficient (Wildman–Crippen LogP) is 2.62. The van der Waals surface area contributed by atoms with Crippen molar-refractivity contribution in [2.75, 3.05) is 0 Å². The Hall–Kier alpha value is -1.82. The smallest absolute Gasteiger partial charge is 0.339 e. The van der Waals surface area contributed by atoms with Gasteiger partial charge in [-0.25, -0.2) is 4.79 Å². The largest absolute Gasteiger partial charge is 0.478 e. The minimum Gasteiger partial charge on any atom is -0.478 e. The molecule has 0 aliphatic heterocycles. The molecule has 0 saturated heterocycles. The molecule has 0 aliphatic carbocycles. The maximum Gasteiger partial charge on any atom is 0.339 e. The molecule has 0 saturated carbocycles. The number of aromatic carboxylic acids is 1. The average molecular weight is 311 g/mol. The zero-order chi connectivity index (χ0) is 16.8. The summed E-state index contributed by atoms with van der Waals surface area (Å²) in [4.78, 5) is 22.9. The van der Waals surface area contributed by atoms with Crippen LogP contribution in [0.4, 0.5) is 0 Å². The van der Waals surface area contributed by atoms with Gasteiger partial charge in [-0.15, -0.1) is 0 Å². The molecule has 1 rings (SSSR count). The number of furan rings is 1. The summed E-state index contributed by atoms with van der Waals surface area (Å²) in [5, 5.41) is 22.1. The summed E-state index contributed by atoms with van der Waals surface area (Å²) in [5.74, 6) is -0.627. The lowest BCUT2D eigenvalue weighted by Crippen LogP contribution is -2.36. The Balaban J connectivity index is 2.58. The van der Waals surface area contributed by atoms with Gasteiger partial charge >= 0.3 is 5.97 Å². The van der Waals surface area contributed by atoms with Crippen LogP contribution in [0.5, 0.6) is 0 Å². The van der Waals surface area contributed by atoms with Gasteiger partial charge in [0.2, 0.25) is 5.91 Å². The van der Waals surface area contributed by atoms with Crippen molar-refractivity contribution in [3.63, 3.8) is 0 Å². The molecular weight excluding hydrogens is 286 g/mol. The maximum atomic E-state index is 12.0. The minimum absolute atomic E-state index is 0.0418. The highest BCUT2D eigenvalue weighted by Gasteiger charge is 2.28. The summed E-state index contributed by atoms with van der Waals surface area (Å²) < 4.78 is 5.29. The van der Waals surface area contributed by atoms with Crippen molar-refractivity contribution < 1.29 is 24.2 Å². The molecule has 1 aromatic heterocycles. The van der Waals surface area contributed by atoms with Crippen molar-refractivity contribution >= 4 is 11.9 Å². The normalized spacial score (nSPS) is 11.5. The van der Waals surface area contributed by atoms with Gasteiger partial charge in [0.1, 0.15) is 17.1 Å². The molecule has 6 heteroatoms. The lowest BCUT2D eigenvalue weighted by molar-refractivity contribution is -0.127. The molecule has 0 spiro atoms. The predicted molar refractivity (Wildman–Crippen MR) is 81.6 cm³/mol. The van der Waals surface area contributed by atoms with Crippen LogP contribution in [0.1, 0.15) is 67.8 Å². The molecule has 0 aliphatic rings. The van der Waals surface area contributed by atoms with E-state index in [2.05, 4.69) is 5.32 Å². The number of hydrogen-bond acceptors (Lipinski definition) is 4. The number of amides is 1. The third-order valence-electron chi connectivity index (χ3n) is 3.58. The second-order valence-electron chi connectivity index (χ2n) is 5.67. The molecule has 0 unspecified atom stereocenters. The Morgan fingerprint density at radius 2 is 1.86 bits per heavy atom. The fourth-order valence-electron chi connectivity index (χ4n) is 2.62. The molecule has 1 aromatic rings. The van der Waals surface area contributed by atoms with Gasteiger partial charge in [0.15, 0.2) is 0 Å². The van der Waals surface area contributed by atoms with Gasteiger partial charge in [0, 0.05) is 0 Å². The molecule has 6 nitrogen and oxygen atoms in total. The van der Waals surface area contributed by atoms with Gasteiger partial charge in [0.05, 0.1) is 18.6 Å². The van der Waals surface area contributed by atoms with Crippen molar-refractivity contribution in [1.82, 2.24) is 5.32 Å². The van der Waals surface area contributed by atoms with Crippen LogP contribution >= 0.6 is 0 Å². The van der Waals surface area contributed by atoms with Crippen LogP contribution in [0.15, 0.2) is 10.5 Å². The van der Waals surface area contributed by atoms with E-state index in [0.29, 0.717) is 24.4 Å². The Kier molecular flexibility index (Phi) is 6.61. The lowest BCUT2D eigenvalue weighted by atomic mass is 9.89. The van der Waals surface area contributed by atoms with E-state index in [9.17, 15) is 14.7 Å². The molecule has 1 amide bonds. The molecule has 0 bridgehead atoms. The summed E-state index contributed by atoms with van der Waals surface area (Å²) in [6.45, 7) is 5.62. The zero-order valence-corrected chi connectivity index (χ0v) is 13.4. The van der Waals surface area contributed by atoms with E-state index in [1.54, 1.807) is 6.92 Å². The van der Waals surface area contributed by atoms with Crippen LogP contribution in [0.25, 0.3) is 0 Å². The van der Waals surface area contributed by atoms with Crippen molar-refractivity contribution in [2.24, 2.45) is 0 Å². The van der Waals surface area contributed by atoms with Crippen LogP contribution in [0.3, 0.4) is 0 Å². The second-order valence-corrected chi connectivity index (χ2v) is 5.67. The summed E-state index contributed by atoms with van der Waals surface area (Å²) >= 11 is 0. The van der Waals surface area contributed by atoms with E-state index < -0.39 is 11.6 Å². The van der Waals surface area contributed by atoms with Gasteiger partial charge in [-0.05, 0) is 25.8 Å². The number of rotatable bonds is 9. The summed E-state index contributed by atoms with van der Waals surface area (Å²) in [7, 11) is 0. The fraction of sp³-hybridized carbons (Fsp3) is 0.625. The van der Waals surface area contributed by atoms with Gasteiger partial charge in [0.25, 0.3) is 0 Å². The summed E-state index contributed by atoms with van der Waals surface area (Å²) in [6.07, 6.45) is 2.82. The molecule has 22 heavy (non-hydrogen) atoms.